The van der Waals surface area contributed by atoms with Crippen LogP contribution in [0.4, 0.5) is 0 Å². The van der Waals surface area contributed by atoms with E-state index in [9.17, 15) is 4.79 Å². The number of nitrogens with one attached hydrogen (secondary N) is 2. The van der Waals surface area contributed by atoms with Crippen molar-refractivity contribution < 1.29 is 4.79 Å². The lowest BCUT2D eigenvalue weighted by atomic mass is 9.88. The number of hydrogen-bond donors (Lipinski definition) is 3. The molecule has 15 heavy (non-hydrogen) atoms. The van der Waals surface area contributed by atoms with Gasteiger partial charge in [0.1, 0.15) is 0 Å². The number of nitrogens with two attached hydrogens (primary N) is 1. The predicted octanol–water partition coefficient (Wildman–Crippen LogP) is 0.228. The number of rotatable bonds is 6. The zero-order valence-electron chi connectivity index (χ0n) is 9.75. The van der Waals surface area contributed by atoms with Crippen molar-refractivity contribution in [2.75, 3.05) is 13.1 Å². The Hall–Kier alpha value is -0.610. The van der Waals surface area contributed by atoms with Crippen molar-refractivity contribution in [1.82, 2.24) is 10.6 Å². The maximum Gasteiger partial charge on any atom is 0.221 e. The molecule has 0 aromatic carbocycles. The van der Waals surface area contributed by atoms with Gasteiger partial charge in [0, 0.05) is 31.6 Å². The summed E-state index contributed by atoms with van der Waals surface area (Å²) in [6, 6.07) is 0.912. The Morgan fingerprint density at radius 3 is 2.67 bits per heavy atom. The Labute approximate surface area is 92.0 Å². The van der Waals surface area contributed by atoms with E-state index in [-0.39, 0.29) is 5.91 Å². The van der Waals surface area contributed by atoms with Crippen LogP contribution in [0, 0.1) is 5.92 Å². The van der Waals surface area contributed by atoms with Crippen LogP contribution < -0.4 is 16.4 Å². The van der Waals surface area contributed by atoms with Crippen LogP contribution in [0.2, 0.25) is 0 Å². The van der Waals surface area contributed by atoms with E-state index in [0.717, 1.165) is 25.9 Å². The number of carbonyl (C=O) groups excluding carboxylic acids is 1. The van der Waals surface area contributed by atoms with Gasteiger partial charge in [-0.05, 0) is 18.8 Å². The van der Waals surface area contributed by atoms with Crippen LogP contribution in [0.25, 0.3) is 0 Å². The van der Waals surface area contributed by atoms with Crippen LogP contribution >= 0.6 is 0 Å². The van der Waals surface area contributed by atoms with Gasteiger partial charge in [0.2, 0.25) is 5.91 Å². The Kier molecular flexibility index (Phi) is 5.05. The summed E-state index contributed by atoms with van der Waals surface area (Å²) < 4.78 is 0. The van der Waals surface area contributed by atoms with Gasteiger partial charge in [-0.2, -0.15) is 0 Å². The molecule has 1 saturated carbocycles. The van der Waals surface area contributed by atoms with E-state index in [1.54, 1.807) is 0 Å². The quantitative estimate of drug-likeness (QED) is 0.591. The third-order valence-corrected chi connectivity index (χ3v) is 2.67. The van der Waals surface area contributed by atoms with Crippen molar-refractivity contribution in [3.05, 3.63) is 0 Å². The SMILES string of the molecule is CC(C)CNC(=O)CCNC1CC(N)C1. The summed E-state index contributed by atoms with van der Waals surface area (Å²) in [7, 11) is 0. The van der Waals surface area contributed by atoms with Gasteiger partial charge in [0.15, 0.2) is 0 Å². The van der Waals surface area contributed by atoms with Crippen molar-refractivity contribution in [2.24, 2.45) is 11.7 Å². The van der Waals surface area contributed by atoms with E-state index in [2.05, 4.69) is 24.5 Å². The third-order valence-electron chi connectivity index (χ3n) is 2.67. The molecule has 0 bridgehead atoms. The summed E-state index contributed by atoms with van der Waals surface area (Å²) in [5, 5.41) is 6.22. The summed E-state index contributed by atoms with van der Waals surface area (Å²) in [4.78, 5) is 11.3. The molecule has 1 aliphatic carbocycles. The highest BCUT2D eigenvalue weighted by Gasteiger charge is 2.24. The molecule has 1 aliphatic rings. The molecule has 0 unspecified atom stereocenters. The van der Waals surface area contributed by atoms with E-state index < -0.39 is 0 Å². The van der Waals surface area contributed by atoms with Crippen molar-refractivity contribution in [3.63, 3.8) is 0 Å². The van der Waals surface area contributed by atoms with Crippen molar-refractivity contribution >= 4 is 5.91 Å². The van der Waals surface area contributed by atoms with Gasteiger partial charge in [0.25, 0.3) is 0 Å². The molecule has 1 amide bonds. The number of amides is 1. The molecular weight excluding hydrogens is 190 g/mol. The highest BCUT2D eigenvalue weighted by atomic mass is 16.1. The van der Waals surface area contributed by atoms with Gasteiger partial charge in [0.05, 0.1) is 0 Å². The zero-order chi connectivity index (χ0) is 11.3. The van der Waals surface area contributed by atoms with Gasteiger partial charge in [-0.25, -0.2) is 0 Å². The first-order valence-electron chi connectivity index (χ1n) is 5.83. The highest BCUT2D eigenvalue weighted by Crippen LogP contribution is 2.16. The van der Waals surface area contributed by atoms with E-state index in [1.165, 1.54) is 0 Å². The fourth-order valence-electron chi connectivity index (χ4n) is 1.62. The molecule has 4 nitrogen and oxygen atoms in total. The van der Waals surface area contributed by atoms with Gasteiger partial charge in [-0.3, -0.25) is 4.79 Å². The predicted molar refractivity (Wildman–Crippen MR) is 61.5 cm³/mol. The third kappa shape index (κ3) is 5.14. The Morgan fingerprint density at radius 1 is 1.47 bits per heavy atom. The van der Waals surface area contributed by atoms with Crippen LogP contribution in [0.1, 0.15) is 33.1 Å². The minimum absolute atomic E-state index is 0.139. The molecule has 0 spiro atoms. The van der Waals surface area contributed by atoms with Crippen LogP contribution in [0.5, 0.6) is 0 Å². The first-order chi connectivity index (χ1) is 7.08. The maximum atomic E-state index is 11.3. The fraction of sp³-hybridized carbons (Fsp3) is 0.909. The Balaban J connectivity index is 1.93. The minimum atomic E-state index is 0.139. The Morgan fingerprint density at radius 2 is 2.13 bits per heavy atom. The summed E-state index contributed by atoms with van der Waals surface area (Å²) >= 11 is 0. The van der Waals surface area contributed by atoms with Crippen molar-refractivity contribution in [1.29, 1.82) is 0 Å². The molecule has 0 radical (unpaired) electrons. The van der Waals surface area contributed by atoms with Crippen LogP contribution in [-0.4, -0.2) is 31.1 Å². The van der Waals surface area contributed by atoms with Gasteiger partial charge in [-0.1, -0.05) is 13.8 Å². The molecule has 0 aromatic rings. The average Bonchev–Trinajstić information content (AvgIpc) is 2.12. The first kappa shape index (κ1) is 12.5. The largest absolute Gasteiger partial charge is 0.356 e. The standard InChI is InChI=1S/C11H23N3O/c1-8(2)7-14-11(15)3-4-13-10-5-9(12)6-10/h8-10,13H,3-7,12H2,1-2H3,(H,14,15). The smallest absolute Gasteiger partial charge is 0.221 e. The fourth-order valence-corrected chi connectivity index (χ4v) is 1.62. The summed E-state index contributed by atoms with van der Waals surface area (Å²) in [6.07, 6.45) is 2.67. The average molecular weight is 213 g/mol. The molecule has 0 saturated heterocycles. The van der Waals surface area contributed by atoms with E-state index in [0.29, 0.717) is 24.4 Å². The van der Waals surface area contributed by atoms with Gasteiger partial charge in [-0.15, -0.1) is 0 Å². The molecular formula is C11H23N3O. The second kappa shape index (κ2) is 6.08. The van der Waals surface area contributed by atoms with Gasteiger partial charge >= 0.3 is 0 Å². The van der Waals surface area contributed by atoms with E-state index >= 15 is 0 Å². The van der Waals surface area contributed by atoms with Gasteiger partial charge < -0.3 is 16.4 Å². The van der Waals surface area contributed by atoms with Crippen LogP contribution in [0.15, 0.2) is 0 Å². The Bertz CT molecular complexity index is 200. The van der Waals surface area contributed by atoms with E-state index in [1.807, 2.05) is 0 Å². The highest BCUT2D eigenvalue weighted by molar-refractivity contribution is 5.76. The normalized spacial score (nSPS) is 25.1. The minimum Gasteiger partial charge on any atom is -0.356 e. The molecule has 0 aromatic heterocycles. The summed E-state index contributed by atoms with van der Waals surface area (Å²) in [5.41, 5.74) is 5.66. The first-order valence-corrected chi connectivity index (χ1v) is 5.83. The second-order valence-corrected chi connectivity index (χ2v) is 4.83. The van der Waals surface area contributed by atoms with Crippen molar-refractivity contribution in [3.8, 4) is 0 Å². The summed E-state index contributed by atoms with van der Waals surface area (Å²) in [5.74, 6) is 0.659. The molecule has 0 atom stereocenters. The monoisotopic (exact) mass is 213 g/mol. The molecule has 0 heterocycles. The lowest BCUT2D eigenvalue weighted by Crippen LogP contribution is -2.49. The van der Waals surface area contributed by atoms with Crippen molar-refractivity contribution in [2.45, 2.75) is 45.2 Å². The molecule has 4 N–H and O–H groups in total. The second-order valence-electron chi connectivity index (χ2n) is 4.83. The maximum absolute atomic E-state index is 11.3. The lowest BCUT2D eigenvalue weighted by Gasteiger charge is -2.33. The lowest BCUT2D eigenvalue weighted by molar-refractivity contribution is -0.121. The van der Waals surface area contributed by atoms with Crippen LogP contribution in [-0.2, 0) is 4.79 Å². The molecule has 88 valence electrons. The molecule has 1 fully saturated rings. The topological polar surface area (TPSA) is 67.2 Å². The molecule has 0 aliphatic heterocycles. The van der Waals surface area contributed by atoms with E-state index in [4.69, 9.17) is 5.73 Å². The number of hydrogen-bond acceptors (Lipinski definition) is 3. The molecule has 1 rings (SSSR count). The number of carbonyl (C=O) groups is 1. The van der Waals surface area contributed by atoms with Crippen LogP contribution in [0.3, 0.4) is 0 Å². The summed E-state index contributed by atoms with van der Waals surface area (Å²) in [6.45, 7) is 5.72. The molecule has 4 heteroatoms. The zero-order valence-corrected chi connectivity index (χ0v) is 9.75.